The molecule has 0 aliphatic rings. The fourth-order valence-corrected chi connectivity index (χ4v) is 4.12. The van der Waals surface area contributed by atoms with E-state index in [0.29, 0.717) is 23.6 Å². The minimum Gasteiger partial charge on any atom is -0.411 e. The van der Waals surface area contributed by atoms with E-state index in [-0.39, 0.29) is 11.2 Å². The number of rotatable bonds is 8. The first kappa shape index (κ1) is 20.2. The van der Waals surface area contributed by atoms with Crippen molar-refractivity contribution in [3.63, 3.8) is 0 Å². The molecule has 2 N–H and O–H groups in total. The summed E-state index contributed by atoms with van der Waals surface area (Å²) in [6.07, 6.45) is 2.82. The number of carbonyl (C=O) groups excluding carboxylic acids is 1. The normalized spacial score (nSPS) is 13.3. The number of aromatic nitrogens is 3. The van der Waals surface area contributed by atoms with E-state index >= 15 is 0 Å². The van der Waals surface area contributed by atoms with Crippen molar-refractivity contribution in [1.29, 1.82) is 0 Å². The summed E-state index contributed by atoms with van der Waals surface area (Å²) in [5, 5.41) is 12.4. The highest BCUT2D eigenvalue weighted by atomic mass is 32.2. The molecule has 6 nitrogen and oxygen atoms in total. The molecular formula is C23H24N4O2S. The number of hydrogen-bond acceptors (Lipinski definition) is 5. The van der Waals surface area contributed by atoms with Gasteiger partial charge in [0, 0.05) is 29.6 Å². The van der Waals surface area contributed by atoms with E-state index in [1.165, 1.54) is 17.3 Å². The summed E-state index contributed by atoms with van der Waals surface area (Å²) in [5.74, 6) is 0.697. The molecule has 0 unspecified atom stereocenters. The van der Waals surface area contributed by atoms with Crippen LogP contribution < -0.4 is 5.32 Å². The summed E-state index contributed by atoms with van der Waals surface area (Å²) < 4.78 is 5.81. The van der Waals surface area contributed by atoms with Crippen molar-refractivity contribution in [1.82, 2.24) is 20.5 Å². The first-order chi connectivity index (χ1) is 14.7. The number of amides is 1. The summed E-state index contributed by atoms with van der Waals surface area (Å²) in [7, 11) is 0. The predicted molar refractivity (Wildman–Crippen MR) is 119 cm³/mol. The Balaban J connectivity index is 1.37. The minimum atomic E-state index is -0.338. The number of fused-ring (bicyclic) bond motifs is 1. The lowest BCUT2D eigenvalue weighted by molar-refractivity contribution is -0.120. The highest BCUT2D eigenvalue weighted by Gasteiger charge is 2.20. The summed E-state index contributed by atoms with van der Waals surface area (Å²) in [4.78, 5) is 15.8. The van der Waals surface area contributed by atoms with Crippen LogP contribution in [0.3, 0.4) is 0 Å². The van der Waals surface area contributed by atoms with Crippen molar-refractivity contribution in [2.75, 3.05) is 6.54 Å². The molecule has 0 radical (unpaired) electrons. The van der Waals surface area contributed by atoms with Crippen molar-refractivity contribution in [2.45, 2.75) is 36.7 Å². The van der Waals surface area contributed by atoms with Crippen LogP contribution in [0.1, 0.15) is 31.7 Å². The average molecular weight is 421 g/mol. The maximum absolute atomic E-state index is 12.6. The first-order valence-corrected chi connectivity index (χ1v) is 10.9. The van der Waals surface area contributed by atoms with Gasteiger partial charge in [-0.3, -0.25) is 4.79 Å². The second-order valence-electron chi connectivity index (χ2n) is 7.14. The van der Waals surface area contributed by atoms with E-state index in [4.69, 9.17) is 4.42 Å². The number of aromatic amines is 1. The van der Waals surface area contributed by atoms with Gasteiger partial charge in [-0.05, 0) is 25.0 Å². The van der Waals surface area contributed by atoms with Crippen LogP contribution in [0.2, 0.25) is 0 Å². The number of para-hydroxylation sites is 1. The number of benzene rings is 2. The Hall–Kier alpha value is -3.06. The lowest BCUT2D eigenvalue weighted by Gasteiger charge is -2.17. The van der Waals surface area contributed by atoms with Gasteiger partial charge in [0.05, 0.1) is 10.8 Å². The third-order valence-corrected chi connectivity index (χ3v) is 6.09. The molecule has 2 aromatic heterocycles. The van der Waals surface area contributed by atoms with Gasteiger partial charge in [-0.2, -0.15) is 0 Å². The van der Waals surface area contributed by atoms with Crippen molar-refractivity contribution in [3.8, 4) is 11.5 Å². The van der Waals surface area contributed by atoms with Crippen LogP contribution in [0.4, 0.5) is 0 Å². The van der Waals surface area contributed by atoms with E-state index in [0.717, 1.165) is 22.9 Å². The Morgan fingerprint density at radius 3 is 2.70 bits per heavy atom. The minimum absolute atomic E-state index is 0.0405. The lowest BCUT2D eigenvalue weighted by atomic mass is 9.96. The maximum atomic E-state index is 12.6. The topological polar surface area (TPSA) is 83.8 Å². The van der Waals surface area contributed by atoms with Gasteiger partial charge in [0.1, 0.15) is 0 Å². The number of hydrogen-bond donors (Lipinski definition) is 2. The van der Waals surface area contributed by atoms with Gasteiger partial charge >= 0.3 is 0 Å². The largest absolute Gasteiger partial charge is 0.411 e. The number of thioether (sulfide) groups is 1. The molecule has 0 aliphatic heterocycles. The lowest BCUT2D eigenvalue weighted by Crippen LogP contribution is -2.34. The second kappa shape index (κ2) is 9.17. The smallest absolute Gasteiger partial charge is 0.277 e. The molecule has 1 amide bonds. The highest BCUT2D eigenvalue weighted by Crippen LogP contribution is 2.30. The number of H-pyrrole nitrogens is 1. The standard InChI is InChI=1S/C23H24N4O2S/c1-3-16(17-9-5-4-6-10-17)13-25-21(28)15(2)30-23-27-26-22(29-23)19-14-24-20-12-8-7-11-18(19)20/h4-12,14-16,24H,3,13H2,1-2H3,(H,25,28)/t15-,16+/m1/s1. The van der Waals surface area contributed by atoms with Gasteiger partial charge in [-0.25, -0.2) is 0 Å². The van der Waals surface area contributed by atoms with Crippen LogP contribution >= 0.6 is 11.8 Å². The molecule has 2 atom stereocenters. The third kappa shape index (κ3) is 4.41. The molecular weight excluding hydrogens is 396 g/mol. The molecule has 0 saturated carbocycles. The van der Waals surface area contributed by atoms with Gasteiger partial charge < -0.3 is 14.7 Å². The zero-order chi connectivity index (χ0) is 20.9. The van der Waals surface area contributed by atoms with E-state index in [1.54, 1.807) is 0 Å². The quantitative estimate of drug-likeness (QED) is 0.392. The molecule has 7 heteroatoms. The van der Waals surface area contributed by atoms with Crippen LogP contribution in [0.15, 0.2) is 70.4 Å². The van der Waals surface area contributed by atoms with Crippen LogP contribution in [0.5, 0.6) is 0 Å². The average Bonchev–Trinajstić information content (AvgIpc) is 3.41. The zero-order valence-electron chi connectivity index (χ0n) is 17.0. The summed E-state index contributed by atoms with van der Waals surface area (Å²) in [6, 6.07) is 18.2. The van der Waals surface area contributed by atoms with Crippen molar-refractivity contribution in [3.05, 3.63) is 66.4 Å². The molecule has 2 heterocycles. The Morgan fingerprint density at radius 1 is 1.13 bits per heavy atom. The predicted octanol–water partition coefficient (Wildman–Crippen LogP) is 5.01. The van der Waals surface area contributed by atoms with Crippen molar-refractivity contribution < 1.29 is 9.21 Å². The summed E-state index contributed by atoms with van der Waals surface area (Å²) in [6.45, 7) is 4.58. The van der Waals surface area contributed by atoms with E-state index in [9.17, 15) is 4.79 Å². The SMILES string of the molecule is CC[C@@H](CNC(=O)[C@@H](C)Sc1nnc(-c2c[nH]c3ccccc23)o1)c1ccccc1. The summed E-state index contributed by atoms with van der Waals surface area (Å²) >= 11 is 1.27. The maximum Gasteiger partial charge on any atom is 0.277 e. The van der Waals surface area contributed by atoms with E-state index in [1.807, 2.05) is 55.6 Å². The molecule has 0 spiro atoms. The fourth-order valence-electron chi connectivity index (χ4n) is 3.41. The van der Waals surface area contributed by atoms with Crippen LogP contribution in [0.25, 0.3) is 22.4 Å². The van der Waals surface area contributed by atoms with Crippen molar-refractivity contribution in [2.24, 2.45) is 0 Å². The van der Waals surface area contributed by atoms with E-state index in [2.05, 4.69) is 39.6 Å². The van der Waals surface area contributed by atoms with Gasteiger partial charge in [0.25, 0.3) is 11.1 Å². The highest BCUT2D eigenvalue weighted by molar-refractivity contribution is 8.00. The molecule has 30 heavy (non-hydrogen) atoms. The molecule has 4 rings (SSSR count). The molecule has 0 aliphatic carbocycles. The number of nitrogens with one attached hydrogen (secondary N) is 2. The van der Waals surface area contributed by atoms with Gasteiger partial charge in [-0.1, -0.05) is 67.2 Å². The second-order valence-corrected chi connectivity index (χ2v) is 8.43. The van der Waals surface area contributed by atoms with Gasteiger partial charge in [0.15, 0.2) is 0 Å². The molecule has 0 fully saturated rings. The van der Waals surface area contributed by atoms with Gasteiger partial charge in [-0.15, -0.1) is 10.2 Å². The molecule has 2 aromatic carbocycles. The molecule has 4 aromatic rings. The summed E-state index contributed by atoms with van der Waals surface area (Å²) in [5.41, 5.74) is 3.10. The van der Waals surface area contributed by atoms with Crippen LogP contribution in [-0.2, 0) is 4.79 Å². The van der Waals surface area contributed by atoms with E-state index < -0.39 is 0 Å². The van der Waals surface area contributed by atoms with Crippen molar-refractivity contribution >= 4 is 28.6 Å². The number of nitrogens with zero attached hydrogens (tertiary/aromatic N) is 2. The monoisotopic (exact) mass is 420 g/mol. The van der Waals surface area contributed by atoms with Crippen LogP contribution in [0, 0.1) is 0 Å². The molecule has 154 valence electrons. The Morgan fingerprint density at radius 2 is 1.90 bits per heavy atom. The fraction of sp³-hybridized carbons (Fsp3) is 0.261. The number of carbonyl (C=O) groups is 1. The Kier molecular flexibility index (Phi) is 6.18. The Bertz CT molecular complexity index is 1120. The van der Waals surface area contributed by atoms with Gasteiger partial charge in [0.2, 0.25) is 5.91 Å². The third-order valence-electron chi connectivity index (χ3n) is 5.16. The molecule has 0 saturated heterocycles. The first-order valence-electron chi connectivity index (χ1n) is 10.0. The molecule has 0 bridgehead atoms. The van der Waals surface area contributed by atoms with Crippen LogP contribution in [-0.4, -0.2) is 32.9 Å². The zero-order valence-corrected chi connectivity index (χ0v) is 17.8. The Labute approximate surface area is 179 Å².